The lowest BCUT2D eigenvalue weighted by Crippen LogP contribution is -2.21. The molecule has 0 fully saturated rings. The van der Waals surface area contributed by atoms with Crippen molar-refractivity contribution in [2.45, 2.75) is 13.3 Å². The Balaban J connectivity index is 1.83. The third kappa shape index (κ3) is 6.53. The Hall–Kier alpha value is -3.55. The van der Waals surface area contributed by atoms with E-state index in [0.29, 0.717) is 28.3 Å². The predicted molar refractivity (Wildman–Crippen MR) is 105 cm³/mol. The third-order valence-electron chi connectivity index (χ3n) is 3.84. The van der Waals surface area contributed by atoms with Crippen molar-refractivity contribution in [1.29, 1.82) is 0 Å². The fourth-order valence-electron chi connectivity index (χ4n) is 2.46. The molecule has 0 aliphatic heterocycles. The summed E-state index contributed by atoms with van der Waals surface area (Å²) >= 11 is 0. The second-order valence-electron chi connectivity index (χ2n) is 5.87. The average Bonchev–Trinajstić information content (AvgIpc) is 2.73. The first kappa shape index (κ1) is 21.7. The van der Waals surface area contributed by atoms with Crippen molar-refractivity contribution in [3.63, 3.8) is 0 Å². The number of carbonyl (C=O) groups excluding carboxylic acids is 3. The first-order chi connectivity index (χ1) is 14.0. The van der Waals surface area contributed by atoms with Gasteiger partial charge in [0.2, 0.25) is 0 Å². The van der Waals surface area contributed by atoms with E-state index < -0.39 is 24.5 Å². The van der Waals surface area contributed by atoms with Gasteiger partial charge in [-0.2, -0.15) is 0 Å². The Labute approximate surface area is 168 Å². The standard InChI is InChI=1S/C21H23NO7/c1-4-28-21(25)15-6-8-16(9-7-15)22-19(23)13-29-20(24)12-14-5-10-17(26-2)18(11-14)27-3/h5-11H,4,12-13H2,1-3H3,(H,22,23). The summed E-state index contributed by atoms with van der Waals surface area (Å²) in [5, 5.41) is 2.59. The third-order valence-corrected chi connectivity index (χ3v) is 3.84. The maximum Gasteiger partial charge on any atom is 0.338 e. The molecule has 0 aliphatic carbocycles. The van der Waals surface area contributed by atoms with Crippen molar-refractivity contribution in [3.05, 3.63) is 53.6 Å². The van der Waals surface area contributed by atoms with E-state index in [4.69, 9.17) is 18.9 Å². The van der Waals surface area contributed by atoms with Crippen LogP contribution in [0.4, 0.5) is 5.69 Å². The van der Waals surface area contributed by atoms with Crippen LogP contribution in [0, 0.1) is 0 Å². The average molecular weight is 401 g/mol. The zero-order valence-electron chi connectivity index (χ0n) is 16.5. The van der Waals surface area contributed by atoms with E-state index in [-0.39, 0.29) is 13.0 Å². The number of hydrogen-bond donors (Lipinski definition) is 1. The first-order valence-corrected chi connectivity index (χ1v) is 8.90. The van der Waals surface area contributed by atoms with Gasteiger partial charge in [-0.25, -0.2) is 4.79 Å². The monoisotopic (exact) mass is 401 g/mol. The Kier molecular flexibility index (Phi) is 8.02. The number of carbonyl (C=O) groups is 3. The molecule has 154 valence electrons. The van der Waals surface area contributed by atoms with Crippen molar-refractivity contribution in [1.82, 2.24) is 0 Å². The minimum Gasteiger partial charge on any atom is -0.493 e. The number of nitrogens with one attached hydrogen (secondary N) is 1. The van der Waals surface area contributed by atoms with Crippen molar-refractivity contribution in [2.75, 3.05) is 32.8 Å². The molecule has 0 heterocycles. The molecule has 1 N–H and O–H groups in total. The molecule has 2 aromatic carbocycles. The highest BCUT2D eigenvalue weighted by Crippen LogP contribution is 2.27. The van der Waals surface area contributed by atoms with E-state index in [2.05, 4.69) is 5.32 Å². The fraction of sp³-hybridized carbons (Fsp3) is 0.286. The first-order valence-electron chi connectivity index (χ1n) is 8.90. The second-order valence-corrected chi connectivity index (χ2v) is 5.87. The number of methoxy groups -OCH3 is 2. The lowest BCUT2D eigenvalue weighted by atomic mass is 10.1. The molecule has 8 heteroatoms. The van der Waals surface area contributed by atoms with E-state index in [1.54, 1.807) is 37.3 Å². The van der Waals surface area contributed by atoms with Crippen LogP contribution in [0.3, 0.4) is 0 Å². The second kappa shape index (κ2) is 10.7. The number of ether oxygens (including phenoxy) is 4. The van der Waals surface area contributed by atoms with E-state index in [1.807, 2.05) is 0 Å². The molecule has 0 spiro atoms. The van der Waals surface area contributed by atoms with E-state index in [0.717, 1.165) is 0 Å². The largest absolute Gasteiger partial charge is 0.493 e. The summed E-state index contributed by atoms with van der Waals surface area (Å²) < 4.78 is 20.2. The molecular weight excluding hydrogens is 378 g/mol. The van der Waals surface area contributed by atoms with Gasteiger partial charge in [0.05, 0.1) is 32.8 Å². The SMILES string of the molecule is CCOC(=O)c1ccc(NC(=O)COC(=O)Cc2ccc(OC)c(OC)c2)cc1. The molecular formula is C21H23NO7. The van der Waals surface area contributed by atoms with Crippen LogP contribution in [0.15, 0.2) is 42.5 Å². The molecule has 29 heavy (non-hydrogen) atoms. The van der Waals surface area contributed by atoms with Crippen LogP contribution in [-0.4, -0.2) is 45.3 Å². The number of benzene rings is 2. The van der Waals surface area contributed by atoms with Crippen LogP contribution < -0.4 is 14.8 Å². The minimum absolute atomic E-state index is 0.0120. The van der Waals surface area contributed by atoms with E-state index in [1.165, 1.54) is 26.4 Å². The summed E-state index contributed by atoms with van der Waals surface area (Å²) in [5.41, 5.74) is 1.52. The summed E-state index contributed by atoms with van der Waals surface area (Å²) in [4.78, 5) is 35.5. The number of amides is 1. The van der Waals surface area contributed by atoms with Gasteiger partial charge < -0.3 is 24.3 Å². The normalized spacial score (nSPS) is 10.0. The van der Waals surface area contributed by atoms with Crippen LogP contribution in [0.25, 0.3) is 0 Å². The predicted octanol–water partition coefficient (Wildman–Crippen LogP) is 2.60. The van der Waals surface area contributed by atoms with Crippen LogP contribution in [0.2, 0.25) is 0 Å². The van der Waals surface area contributed by atoms with E-state index >= 15 is 0 Å². The molecule has 0 saturated carbocycles. The molecule has 8 nitrogen and oxygen atoms in total. The lowest BCUT2D eigenvalue weighted by molar-refractivity contribution is -0.146. The number of rotatable bonds is 9. The molecule has 0 unspecified atom stereocenters. The van der Waals surface area contributed by atoms with Crippen LogP contribution >= 0.6 is 0 Å². The highest BCUT2D eigenvalue weighted by Gasteiger charge is 2.12. The highest BCUT2D eigenvalue weighted by atomic mass is 16.5. The Bertz CT molecular complexity index is 862. The molecule has 0 radical (unpaired) electrons. The van der Waals surface area contributed by atoms with Gasteiger partial charge in [-0.15, -0.1) is 0 Å². The van der Waals surface area contributed by atoms with Crippen LogP contribution in [0.5, 0.6) is 11.5 Å². The molecule has 0 aromatic heterocycles. The Morgan fingerprint density at radius 1 is 0.897 bits per heavy atom. The molecule has 0 aliphatic rings. The van der Waals surface area contributed by atoms with Gasteiger partial charge in [0.1, 0.15) is 0 Å². The number of anilines is 1. The molecule has 0 bridgehead atoms. The van der Waals surface area contributed by atoms with Crippen LogP contribution in [-0.2, 0) is 25.5 Å². The molecule has 2 rings (SSSR count). The Morgan fingerprint density at radius 3 is 2.21 bits per heavy atom. The zero-order valence-corrected chi connectivity index (χ0v) is 16.5. The topological polar surface area (TPSA) is 100 Å². The fourth-order valence-corrected chi connectivity index (χ4v) is 2.46. The summed E-state index contributed by atoms with van der Waals surface area (Å²) in [5.74, 6) is -0.422. The van der Waals surface area contributed by atoms with Gasteiger partial charge in [-0.05, 0) is 48.9 Å². The minimum atomic E-state index is -0.551. The number of hydrogen-bond acceptors (Lipinski definition) is 7. The summed E-state index contributed by atoms with van der Waals surface area (Å²) in [6.45, 7) is 1.58. The molecule has 0 saturated heterocycles. The maximum atomic E-state index is 12.0. The van der Waals surface area contributed by atoms with Crippen molar-refractivity contribution < 1.29 is 33.3 Å². The van der Waals surface area contributed by atoms with Gasteiger partial charge in [0.25, 0.3) is 5.91 Å². The summed E-state index contributed by atoms with van der Waals surface area (Å²) in [6, 6.07) is 11.3. The van der Waals surface area contributed by atoms with Crippen molar-refractivity contribution in [2.24, 2.45) is 0 Å². The molecule has 0 atom stereocenters. The van der Waals surface area contributed by atoms with Gasteiger partial charge in [-0.1, -0.05) is 6.07 Å². The van der Waals surface area contributed by atoms with Gasteiger partial charge >= 0.3 is 11.9 Å². The molecule has 1 amide bonds. The summed E-state index contributed by atoms with van der Waals surface area (Å²) in [6.07, 6.45) is -0.0120. The highest BCUT2D eigenvalue weighted by molar-refractivity contribution is 5.94. The smallest absolute Gasteiger partial charge is 0.338 e. The van der Waals surface area contributed by atoms with Gasteiger partial charge in [0.15, 0.2) is 18.1 Å². The maximum absolute atomic E-state index is 12.0. The Morgan fingerprint density at radius 2 is 1.59 bits per heavy atom. The van der Waals surface area contributed by atoms with E-state index in [9.17, 15) is 14.4 Å². The van der Waals surface area contributed by atoms with Gasteiger partial charge in [-0.3, -0.25) is 9.59 Å². The van der Waals surface area contributed by atoms with Crippen LogP contribution in [0.1, 0.15) is 22.8 Å². The summed E-state index contributed by atoms with van der Waals surface area (Å²) in [7, 11) is 3.03. The number of esters is 2. The van der Waals surface area contributed by atoms with Crippen molar-refractivity contribution >= 4 is 23.5 Å². The zero-order chi connectivity index (χ0) is 21.2. The molecule has 2 aromatic rings. The quantitative estimate of drug-likeness (QED) is 0.645. The van der Waals surface area contributed by atoms with Gasteiger partial charge in [0, 0.05) is 5.69 Å². The van der Waals surface area contributed by atoms with Crippen molar-refractivity contribution in [3.8, 4) is 11.5 Å². The lowest BCUT2D eigenvalue weighted by Gasteiger charge is -2.10.